The molecular weight excluding hydrogens is 697 g/mol. The molecule has 1 unspecified atom stereocenters. The molecule has 0 bridgehead atoms. The van der Waals surface area contributed by atoms with E-state index in [1.54, 1.807) is 0 Å². The van der Waals surface area contributed by atoms with Crippen LogP contribution in [0.2, 0.25) is 0 Å². The SMILES string of the molecule is CCCCCCCCCCCCCCC(=O)OC[C@@H](COC(=O)CCCCCCCCCCC(C)CC)OC(=O)CCCCCCCCCCCCCC(C)C. The van der Waals surface area contributed by atoms with Crippen molar-refractivity contribution < 1.29 is 28.6 Å². The number of carbonyl (C=O) groups excluding carboxylic acids is 3. The van der Waals surface area contributed by atoms with Gasteiger partial charge in [0.25, 0.3) is 0 Å². The van der Waals surface area contributed by atoms with E-state index >= 15 is 0 Å². The van der Waals surface area contributed by atoms with Crippen molar-refractivity contribution in [2.75, 3.05) is 13.2 Å². The van der Waals surface area contributed by atoms with Crippen LogP contribution in [0.3, 0.4) is 0 Å². The summed E-state index contributed by atoms with van der Waals surface area (Å²) in [5.41, 5.74) is 0. The van der Waals surface area contributed by atoms with E-state index in [2.05, 4.69) is 34.6 Å². The van der Waals surface area contributed by atoms with Gasteiger partial charge in [0.2, 0.25) is 0 Å². The number of esters is 3. The Balaban J connectivity index is 4.34. The van der Waals surface area contributed by atoms with Crippen LogP contribution >= 0.6 is 0 Å². The van der Waals surface area contributed by atoms with Gasteiger partial charge in [-0.05, 0) is 31.1 Å². The number of rotatable bonds is 44. The fraction of sp³-hybridized carbons (Fsp3) is 0.940. The highest BCUT2D eigenvalue weighted by atomic mass is 16.6. The number of ether oxygens (including phenoxy) is 3. The predicted molar refractivity (Wildman–Crippen MR) is 238 cm³/mol. The Bertz CT molecular complexity index is 856. The van der Waals surface area contributed by atoms with Gasteiger partial charge in [-0.15, -0.1) is 0 Å². The zero-order chi connectivity index (χ0) is 41.2. The molecule has 0 aliphatic rings. The van der Waals surface area contributed by atoms with Crippen molar-refractivity contribution in [2.45, 2.75) is 278 Å². The van der Waals surface area contributed by atoms with Crippen molar-refractivity contribution >= 4 is 17.9 Å². The highest BCUT2D eigenvalue weighted by Crippen LogP contribution is 2.17. The molecule has 0 N–H and O–H groups in total. The standard InChI is InChI=1S/C50H96O6/c1-6-8-9-10-11-12-13-16-19-25-30-35-40-48(51)54-43-47(44-55-49(52)41-36-31-26-22-21-24-29-34-39-46(5)7-2)56-50(53)42-37-32-27-20-17-14-15-18-23-28-33-38-45(3)4/h45-47H,6-44H2,1-5H3/t46?,47-/m0/s1. The molecule has 2 atom stereocenters. The van der Waals surface area contributed by atoms with Crippen LogP contribution in [-0.2, 0) is 28.6 Å². The Kier molecular flexibility index (Phi) is 41.8. The van der Waals surface area contributed by atoms with Crippen LogP contribution in [-0.4, -0.2) is 37.2 Å². The first-order valence-electron chi connectivity index (χ1n) is 24.8. The van der Waals surface area contributed by atoms with E-state index in [1.165, 1.54) is 161 Å². The van der Waals surface area contributed by atoms with Crippen LogP contribution in [0.4, 0.5) is 0 Å². The molecule has 0 aromatic carbocycles. The predicted octanol–water partition coefficient (Wildman–Crippen LogP) is 15.8. The molecule has 0 aromatic heterocycles. The first-order chi connectivity index (χ1) is 27.3. The van der Waals surface area contributed by atoms with E-state index in [0.717, 1.165) is 69.6 Å². The van der Waals surface area contributed by atoms with Crippen molar-refractivity contribution in [3.05, 3.63) is 0 Å². The van der Waals surface area contributed by atoms with Gasteiger partial charge in [0.1, 0.15) is 13.2 Å². The summed E-state index contributed by atoms with van der Waals surface area (Å²) in [5, 5.41) is 0. The van der Waals surface area contributed by atoms with Gasteiger partial charge in [0, 0.05) is 19.3 Å². The molecule has 0 radical (unpaired) electrons. The normalized spacial score (nSPS) is 12.5. The molecular formula is C50H96O6. The maximum Gasteiger partial charge on any atom is 0.306 e. The molecule has 0 aliphatic carbocycles. The van der Waals surface area contributed by atoms with Crippen molar-refractivity contribution in [3.63, 3.8) is 0 Å². The third-order valence-electron chi connectivity index (χ3n) is 11.6. The zero-order valence-corrected chi connectivity index (χ0v) is 38.3. The average molecular weight is 793 g/mol. The van der Waals surface area contributed by atoms with Crippen molar-refractivity contribution in [3.8, 4) is 0 Å². The van der Waals surface area contributed by atoms with E-state index in [-0.39, 0.29) is 31.1 Å². The van der Waals surface area contributed by atoms with E-state index in [4.69, 9.17) is 14.2 Å². The quantitative estimate of drug-likeness (QED) is 0.0347. The van der Waals surface area contributed by atoms with Crippen LogP contribution < -0.4 is 0 Å². The summed E-state index contributed by atoms with van der Waals surface area (Å²) in [6, 6.07) is 0. The summed E-state index contributed by atoms with van der Waals surface area (Å²) in [5.74, 6) is 0.820. The van der Waals surface area contributed by atoms with Crippen molar-refractivity contribution in [1.29, 1.82) is 0 Å². The maximum atomic E-state index is 12.8. The maximum absolute atomic E-state index is 12.8. The van der Waals surface area contributed by atoms with Gasteiger partial charge in [-0.2, -0.15) is 0 Å². The Labute approximate surface area is 348 Å². The lowest BCUT2D eigenvalue weighted by molar-refractivity contribution is -0.167. The minimum Gasteiger partial charge on any atom is -0.462 e. The van der Waals surface area contributed by atoms with Gasteiger partial charge in [0.15, 0.2) is 6.10 Å². The number of unbranched alkanes of at least 4 members (excludes halogenated alkanes) is 28. The second kappa shape index (κ2) is 43.0. The summed E-state index contributed by atoms with van der Waals surface area (Å²) >= 11 is 0. The van der Waals surface area contributed by atoms with Gasteiger partial charge >= 0.3 is 17.9 Å². The molecule has 0 aliphatic heterocycles. The first-order valence-corrected chi connectivity index (χ1v) is 24.8. The smallest absolute Gasteiger partial charge is 0.306 e. The zero-order valence-electron chi connectivity index (χ0n) is 38.3. The summed E-state index contributed by atoms with van der Waals surface area (Å²) in [4.78, 5) is 37.8. The molecule has 56 heavy (non-hydrogen) atoms. The molecule has 0 rings (SSSR count). The second-order valence-corrected chi connectivity index (χ2v) is 17.8. The van der Waals surface area contributed by atoms with Gasteiger partial charge in [-0.1, -0.05) is 234 Å². The van der Waals surface area contributed by atoms with E-state index in [9.17, 15) is 14.4 Å². The molecule has 0 aromatic rings. The third kappa shape index (κ3) is 42.0. The van der Waals surface area contributed by atoms with E-state index in [0.29, 0.717) is 19.3 Å². The molecule has 0 fully saturated rings. The van der Waals surface area contributed by atoms with Crippen LogP contribution in [0.1, 0.15) is 272 Å². The van der Waals surface area contributed by atoms with Gasteiger partial charge < -0.3 is 14.2 Å². The Morgan fingerprint density at radius 1 is 0.375 bits per heavy atom. The fourth-order valence-corrected chi connectivity index (χ4v) is 7.43. The lowest BCUT2D eigenvalue weighted by Crippen LogP contribution is -2.30. The second-order valence-electron chi connectivity index (χ2n) is 17.8. The molecule has 332 valence electrons. The van der Waals surface area contributed by atoms with Crippen molar-refractivity contribution in [1.82, 2.24) is 0 Å². The Morgan fingerprint density at radius 2 is 0.679 bits per heavy atom. The van der Waals surface area contributed by atoms with Crippen LogP contribution in [0.15, 0.2) is 0 Å². The van der Waals surface area contributed by atoms with Crippen LogP contribution in [0.5, 0.6) is 0 Å². The number of carbonyl (C=O) groups is 3. The largest absolute Gasteiger partial charge is 0.462 e. The molecule has 6 nitrogen and oxygen atoms in total. The average Bonchev–Trinajstić information content (AvgIpc) is 3.18. The minimum atomic E-state index is -0.761. The lowest BCUT2D eigenvalue weighted by atomic mass is 9.99. The first kappa shape index (κ1) is 54.4. The lowest BCUT2D eigenvalue weighted by Gasteiger charge is -2.18. The summed E-state index contributed by atoms with van der Waals surface area (Å²) in [6.07, 6.45) is 42.2. The summed E-state index contributed by atoms with van der Waals surface area (Å²) in [6.45, 7) is 11.4. The van der Waals surface area contributed by atoms with Crippen molar-refractivity contribution in [2.24, 2.45) is 11.8 Å². The van der Waals surface area contributed by atoms with Crippen LogP contribution in [0, 0.1) is 11.8 Å². The molecule has 0 spiro atoms. The van der Waals surface area contributed by atoms with Crippen LogP contribution in [0.25, 0.3) is 0 Å². The summed E-state index contributed by atoms with van der Waals surface area (Å²) in [7, 11) is 0. The fourth-order valence-electron chi connectivity index (χ4n) is 7.43. The van der Waals surface area contributed by atoms with E-state index < -0.39 is 6.10 Å². The van der Waals surface area contributed by atoms with Gasteiger partial charge in [-0.25, -0.2) is 0 Å². The molecule has 0 saturated carbocycles. The minimum absolute atomic E-state index is 0.0643. The molecule has 0 saturated heterocycles. The molecule has 6 heteroatoms. The third-order valence-corrected chi connectivity index (χ3v) is 11.6. The summed E-state index contributed by atoms with van der Waals surface area (Å²) < 4.78 is 16.8. The molecule has 0 amide bonds. The molecule has 0 heterocycles. The topological polar surface area (TPSA) is 78.9 Å². The van der Waals surface area contributed by atoms with Gasteiger partial charge in [0.05, 0.1) is 0 Å². The van der Waals surface area contributed by atoms with E-state index in [1.807, 2.05) is 0 Å². The van der Waals surface area contributed by atoms with Gasteiger partial charge in [-0.3, -0.25) is 14.4 Å². The Morgan fingerprint density at radius 3 is 1.02 bits per heavy atom. The highest BCUT2D eigenvalue weighted by Gasteiger charge is 2.19. The number of hydrogen-bond acceptors (Lipinski definition) is 6. The highest BCUT2D eigenvalue weighted by molar-refractivity contribution is 5.71. The monoisotopic (exact) mass is 793 g/mol. The number of hydrogen-bond donors (Lipinski definition) is 0. The Hall–Kier alpha value is -1.59.